The molecule has 0 spiro atoms. The van der Waals surface area contributed by atoms with Crippen molar-refractivity contribution in [2.45, 2.75) is 58.1 Å². The molecular weight excluding hydrogens is 484 g/mol. The molecule has 3 N–H and O–H groups in total. The van der Waals surface area contributed by atoms with Gasteiger partial charge in [-0.15, -0.1) is 11.3 Å². The first kappa shape index (κ1) is 25.8. The minimum atomic E-state index is -0.636. The summed E-state index contributed by atoms with van der Waals surface area (Å²) in [7, 11) is 1.86. The van der Waals surface area contributed by atoms with Crippen molar-refractivity contribution in [3.8, 4) is 0 Å². The van der Waals surface area contributed by atoms with Crippen LogP contribution in [0.2, 0.25) is 0 Å². The van der Waals surface area contributed by atoms with Crippen molar-refractivity contribution in [1.82, 2.24) is 14.9 Å². The Morgan fingerprint density at radius 2 is 2.00 bits per heavy atom. The lowest BCUT2D eigenvalue weighted by atomic mass is 9.47. The van der Waals surface area contributed by atoms with Gasteiger partial charge in [-0.2, -0.15) is 0 Å². The number of pyridine rings is 1. The van der Waals surface area contributed by atoms with Gasteiger partial charge in [0.05, 0.1) is 30.3 Å². The third-order valence-electron chi connectivity index (χ3n) is 8.87. The third kappa shape index (κ3) is 4.78. The monoisotopic (exact) mass is 520 g/mol. The van der Waals surface area contributed by atoms with E-state index in [-0.39, 0.29) is 29.8 Å². The molecule has 0 aliphatic heterocycles. The number of carbonyl (C=O) groups is 1. The Balaban J connectivity index is 1.49. The number of benzene rings is 1. The van der Waals surface area contributed by atoms with Crippen LogP contribution in [0.5, 0.6) is 0 Å². The van der Waals surface area contributed by atoms with E-state index in [1.54, 1.807) is 28.6 Å². The molecular formula is C29H36N4O3S. The number of nitrogens with zero attached hydrogens (tertiary/aromatic N) is 3. The van der Waals surface area contributed by atoms with Gasteiger partial charge in [0.1, 0.15) is 0 Å². The van der Waals surface area contributed by atoms with E-state index >= 15 is 0 Å². The van der Waals surface area contributed by atoms with Crippen molar-refractivity contribution < 1.29 is 15.0 Å². The van der Waals surface area contributed by atoms with Gasteiger partial charge in [-0.3, -0.25) is 9.78 Å². The summed E-state index contributed by atoms with van der Waals surface area (Å²) in [4.78, 5) is 25.8. The van der Waals surface area contributed by atoms with E-state index in [4.69, 9.17) is 4.98 Å². The van der Waals surface area contributed by atoms with Gasteiger partial charge in [0.25, 0.3) is 0 Å². The SMILES string of the molecule is CN(Cc1ccccc1)C(=O)C[C@@H]1c2nc(Nc3cccnc3)sc2C[C@@H]2[C@](C)(CO)[C@H](O)CC[C@]21C. The van der Waals surface area contributed by atoms with Crippen molar-refractivity contribution >= 4 is 28.1 Å². The average molecular weight is 521 g/mol. The number of nitrogens with one attached hydrogen (secondary N) is 1. The number of carbonyl (C=O) groups excluding carboxylic acids is 1. The van der Waals surface area contributed by atoms with Crippen molar-refractivity contribution in [3.63, 3.8) is 0 Å². The zero-order chi connectivity index (χ0) is 26.2. The van der Waals surface area contributed by atoms with Gasteiger partial charge in [-0.1, -0.05) is 44.2 Å². The topological polar surface area (TPSA) is 98.6 Å². The minimum Gasteiger partial charge on any atom is -0.396 e. The van der Waals surface area contributed by atoms with Gasteiger partial charge in [0.2, 0.25) is 5.91 Å². The maximum atomic E-state index is 13.6. The van der Waals surface area contributed by atoms with E-state index in [1.165, 1.54) is 0 Å². The Labute approximate surface area is 222 Å². The highest BCUT2D eigenvalue weighted by Crippen LogP contribution is 2.63. The van der Waals surface area contributed by atoms with Crippen LogP contribution in [0.4, 0.5) is 10.8 Å². The summed E-state index contributed by atoms with van der Waals surface area (Å²) in [5, 5.41) is 25.6. The molecule has 5 rings (SSSR count). The number of aliphatic hydroxyl groups excluding tert-OH is 2. The predicted octanol–water partition coefficient (Wildman–Crippen LogP) is 4.75. The molecule has 196 valence electrons. The fourth-order valence-electron chi connectivity index (χ4n) is 6.54. The first-order valence-electron chi connectivity index (χ1n) is 13.0. The molecule has 2 aliphatic carbocycles. The fourth-order valence-corrected chi connectivity index (χ4v) is 7.62. The number of amides is 1. The highest BCUT2D eigenvalue weighted by atomic mass is 32.1. The second kappa shape index (κ2) is 10.2. The van der Waals surface area contributed by atoms with Crippen LogP contribution in [0, 0.1) is 16.7 Å². The summed E-state index contributed by atoms with van der Waals surface area (Å²) < 4.78 is 0. The summed E-state index contributed by atoms with van der Waals surface area (Å²) in [6.45, 7) is 4.71. The van der Waals surface area contributed by atoms with Crippen molar-refractivity contribution in [3.05, 3.63) is 71.0 Å². The first-order valence-corrected chi connectivity index (χ1v) is 13.8. The number of hydrogen-bond donors (Lipinski definition) is 3. The summed E-state index contributed by atoms with van der Waals surface area (Å²) in [6.07, 6.45) is 5.40. The lowest BCUT2D eigenvalue weighted by Crippen LogP contribution is -2.57. The van der Waals surface area contributed by atoms with Gasteiger partial charge in [-0.25, -0.2) is 4.98 Å². The molecule has 0 radical (unpaired) electrons. The van der Waals surface area contributed by atoms with Crippen molar-refractivity contribution in [1.29, 1.82) is 0 Å². The van der Waals surface area contributed by atoms with Crippen LogP contribution in [0.25, 0.3) is 0 Å². The minimum absolute atomic E-state index is 0.0326. The van der Waals surface area contributed by atoms with Crippen LogP contribution in [0.15, 0.2) is 54.9 Å². The second-order valence-electron chi connectivity index (χ2n) is 11.2. The van der Waals surface area contributed by atoms with Crippen LogP contribution >= 0.6 is 11.3 Å². The number of anilines is 2. The first-order chi connectivity index (χ1) is 17.7. The highest BCUT2D eigenvalue weighted by Gasteiger charge is 2.59. The molecule has 0 bridgehead atoms. The molecule has 0 saturated heterocycles. The molecule has 1 fully saturated rings. The Bertz CT molecular complexity index is 1240. The van der Waals surface area contributed by atoms with Crippen LogP contribution < -0.4 is 5.32 Å². The third-order valence-corrected chi connectivity index (χ3v) is 9.88. The molecule has 2 aliphatic rings. The normalized spacial score (nSPS) is 28.7. The fraction of sp³-hybridized carbons (Fsp3) is 0.483. The van der Waals surface area contributed by atoms with Gasteiger partial charge < -0.3 is 20.4 Å². The molecule has 8 heteroatoms. The largest absolute Gasteiger partial charge is 0.396 e. The van der Waals surface area contributed by atoms with Crippen LogP contribution in [-0.4, -0.2) is 50.7 Å². The maximum absolute atomic E-state index is 13.6. The number of thiazole rings is 1. The molecule has 0 unspecified atom stereocenters. The average Bonchev–Trinajstić information content (AvgIpc) is 3.30. The Morgan fingerprint density at radius 3 is 2.70 bits per heavy atom. The van der Waals surface area contributed by atoms with Gasteiger partial charge >= 0.3 is 0 Å². The lowest BCUT2D eigenvalue weighted by molar-refractivity contribution is -0.147. The zero-order valence-electron chi connectivity index (χ0n) is 21.7. The zero-order valence-corrected chi connectivity index (χ0v) is 22.5. The smallest absolute Gasteiger partial charge is 0.223 e. The molecule has 5 atom stereocenters. The summed E-state index contributed by atoms with van der Waals surface area (Å²) in [5.74, 6) is 0.00416. The van der Waals surface area contributed by atoms with Crippen molar-refractivity contribution in [2.75, 3.05) is 19.0 Å². The number of rotatable bonds is 7. The van der Waals surface area contributed by atoms with E-state index in [0.29, 0.717) is 19.4 Å². The Hall–Kier alpha value is -2.81. The van der Waals surface area contributed by atoms with Gasteiger partial charge in [0, 0.05) is 42.4 Å². The number of hydrogen-bond acceptors (Lipinski definition) is 7. The van der Waals surface area contributed by atoms with E-state index in [9.17, 15) is 15.0 Å². The summed E-state index contributed by atoms with van der Waals surface area (Å²) >= 11 is 1.60. The predicted molar refractivity (Wildman–Crippen MR) is 146 cm³/mol. The highest BCUT2D eigenvalue weighted by molar-refractivity contribution is 7.15. The lowest BCUT2D eigenvalue weighted by Gasteiger charge is -2.58. The molecule has 1 amide bonds. The number of aliphatic hydroxyl groups is 2. The molecule has 1 saturated carbocycles. The molecule has 3 aromatic rings. The van der Waals surface area contributed by atoms with E-state index in [2.05, 4.69) is 17.2 Å². The van der Waals surface area contributed by atoms with Crippen LogP contribution in [-0.2, 0) is 17.8 Å². The standard InChI is InChI=1S/C29H36N4O3S/c1-28-12-11-24(35)29(2,18-34)23(28)15-22-26(32-27(37-22)31-20-10-7-13-30-16-20)21(28)14-25(36)33(3)17-19-8-5-4-6-9-19/h4-10,13,16,21,23-24,34-35H,11-12,14-15,17-18H2,1-3H3,(H,31,32)/t21-,23+,24-,28+,29+/m1/s1. The van der Waals surface area contributed by atoms with E-state index in [0.717, 1.165) is 39.8 Å². The number of aromatic nitrogens is 2. The van der Waals surface area contributed by atoms with Crippen LogP contribution in [0.1, 0.15) is 55.2 Å². The second-order valence-corrected chi connectivity index (χ2v) is 12.3. The molecule has 2 heterocycles. The quantitative estimate of drug-likeness (QED) is 0.416. The van der Waals surface area contributed by atoms with E-state index < -0.39 is 11.5 Å². The van der Waals surface area contributed by atoms with Crippen molar-refractivity contribution in [2.24, 2.45) is 16.7 Å². The Kier molecular flexibility index (Phi) is 7.09. The van der Waals surface area contributed by atoms with Crippen LogP contribution in [0.3, 0.4) is 0 Å². The molecule has 2 aromatic heterocycles. The maximum Gasteiger partial charge on any atom is 0.223 e. The molecule has 1 aromatic carbocycles. The Morgan fingerprint density at radius 1 is 1.22 bits per heavy atom. The molecule has 37 heavy (non-hydrogen) atoms. The summed E-state index contributed by atoms with van der Waals surface area (Å²) in [6, 6.07) is 13.9. The van der Waals surface area contributed by atoms with E-state index in [1.807, 2.05) is 56.4 Å². The van der Waals surface area contributed by atoms with Gasteiger partial charge in [-0.05, 0) is 48.3 Å². The number of fused-ring (bicyclic) bond motifs is 2. The molecule has 7 nitrogen and oxygen atoms in total. The van der Waals surface area contributed by atoms with Gasteiger partial charge in [0.15, 0.2) is 5.13 Å². The summed E-state index contributed by atoms with van der Waals surface area (Å²) in [5.41, 5.74) is 2.03.